The van der Waals surface area contributed by atoms with Crippen LogP contribution < -0.4 is 4.74 Å². The second kappa shape index (κ2) is 8.68. The highest BCUT2D eigenvalue weighted by atomic mass is 32.2. The molecule has 0 aromatic heterocycles. The molecule has 2 aromatic rings. The van der Waals surface area contributed by atoms with Crippen molar-refractivity contribution < 1.29 is 18.1 Å². The van der Waals surface area contributed by atoms with Gasteiger partial charge in [0.1, 0.15) is 5.75 Å². The van der Waals surface area contributed by atoms with Crippen molar-refractivity contribution in [2.24, 2.45) is 0 Å². The minimum Gasteiger partial charge on any atom is -0.497 e. The molecule has 1 aliphatic heterocycles. The minimum atomic E-state index is -3.73. The van der Waals surface area contributed by atoms with Crippen molar-refractivity contribution in [1.29, 1.82) is 0 Å². The van der Waals surface area contributed by atoms with Gasteiger partial charge in [0.25, 0.3) is 5.69 Å². The Hall–Kier alpha value is -2.49. The van der Waals surface area contributed by atoms with Crippen molar-refractivity contribution >= 4 is 15.7 Å². The van der Waals surface area contributed by atoms with Crippen molar-refractivity contribution in [2.75, 3.05) is 39.8 Å². The fourth-order valence-electron chi connectivity index (χ4n) is 3.18. The van der Waals surface area contributed by atoms with Crippen LogP contribution in [0.2, 0.25) is 0 Å². The summed E-state index contributed by atoms with van der Waals surface area (Å²) in [7, 11) is -2.09. The Bertz CT molecular complexity index is 923. The molecule has 0 radical (unpaired) electrons. The summed E-state index contributed by atoms with van der Waals surface area (Å²) in [5, 5.41) is 10.9. The number of nitro benzene ring substituents is 1. The lowest BCUT2D eigenvalue weighted by atomic mass is 10.1. The van der Waals surface area contributed by atoms with Gasteiger partial charge in [0.05, 0.1) is 16.9 Å². The molecule has 0 aliphatic carbocycles. The van der Waals surface area contributed by atoms with Gasteiger partial charge in [0.2, 0.25) is 10.0 Å². The van der Waals surface area contributed by atoms with E-state index in [1.165, 1.54) is 28.1 Å². The van der Waals surface area contributed by atoms with E-state index in [2.05, 4.69) is 4.90 Å². The number of nitrogens with zero attached hydrogens (tertiary/aromatic N) is 3. The van der Waals surface area contributed by atoms with Gasteiger partial charge >= 0.3 is 0 Å². The van der Waals surface area contributed by atoms with E-state index >= 15 is 0 Å². The molecule has 0 N–H and O–H groups in total. The lowest BCUT2D eigenvalue weighted by Gasteiger charge is -2.34. The Balaban J connectivity index is 1.56. The molecule has 1 heterocycles. The fourth-order valence-corrected chi connectivity index (χ4v) is 4.64. The van der Waals surface area contributed by atoms with Gasteiger partial charge in [0.15, 0.2) is 0 Å². The van der Waals surface area contributed by atoms with Crippen molar-refractivity contribution in [3.63, 3.8) is 0 Å². The zero-order valence-corrected chi connectivity index (χ0v) is 16.5. The van der Waals surface area contributed by atoms with Crippen molar-refractivity contribution in [3.8, 4) is 5.75 Å². The summed E-state index contributed by atoms with van der Waals surface area (Å²) >= 11 is 0. The standard InChI is InChI=1S/C19H23N3O5S/c1-27-18-7-5-16(6-8-18)9-10-20-11-13-21(14-12-20)28(25,26)19-4-2-3-17(15-19)22(23)24/h2-8,15H,9-14H2,1H3. The monoisotopic (exact) mass is 405 g/mol. The highest BCUT2D eigenvalue weighted by Crippen LogP contribution is 2.22. The maximum atomic E-state index is 12.8. The van der Waals surface area contributed by atoms with E-state index < -0.39 is 14.9 Å². The molecule has 1 aliphatic rings. The molecule has 3 rings (SSSR count). The first kappa shape index (κ1) is 20.2. The van der Waals surface area contributed by atoms with Gasteiger partial charge in [-0.15, -0.1) is 0 Å². The molecular weight excluding hydrogens is 382 g/mol. The molecule has 0 atom stereocenters. The second-order valence-corrected chi connectivity index (χ2v) is 8.54. The summed E-state index contributed by atoms with van der Waals surface area (Å²) < 4.78 is 32.1. The molecule has 8 nitrogen and oxygen atoms in total. The Morgan fingerprint density at radius 2 is 1.75 bits per heavy atom. The van der Waals surface area contributed by atoms with Crippen LogP contribution in [0.5, 0.6) is 5.75 Å². The first-order valence-corrected chi connectivity index (χ1v) is 10.4. The summed E-state index contributed by atoms with van der Waals surface area (Å²) in [5.74, 6) is 0.823. The summed E-state index contributed by atoms with van der Waals surface area (Å²) in [4.78, 5) is 12.5. The van der Waals surface area contributed by atoms with Crippen LogP contribution in [0.4, 0.5) is 5.69 Å². The predicted octanol–water partition coefficient (Wildman–Crippen LogP) is 2.15. The number of nitro groups is 1. The molecule has 1 fully saturated rings. The van der Waals surface area contributed by atoms with Crippen LogP contribution in [0.15, 0.2) is 53.4 Å². The number of methoxy groups -OCH3 is 1. The lowest BCUT2D eigenvalue weighted by Crippen LogP contribution is -2.49. The maximum absolute atomic E-state index is 12.8. The molecular formula is C19H23N3O5S. The molecule has 150 valence electrons. The summed E-state index contributed by atoms with van der Waals surface area (Å²) in [5.41, 5.74) is 0.978. The predicted molar refractivity (Wildman–Crippen MR) is 105 cm³/mol. The van der Waals surface area contributed by atoms with Gasteiger partial charge in [-0.05, 0) is 30.2 Å². The molecule has 2 aromatic carbocycles. The highest BCUT2D eigenvalue weighted by Gasteiger charge is 2.29. The van der Waals surface area contributed by atoms with Gasteiger partial charge in [-0.1, -0.05) is 18.2 Å². The number of rotatable bonds is 7. The third-order valence-electron chi connectivity index (χ3n) is 4.87. The maximum Gasteiger partial charge on any atom is 0.270 e. The largest absolute Gasteiger partial charge is 0.497 e. The van der Waals surface area contributed by atoms with E-state index in [-0.39, 0.29) is 10.6 Å². The van der Waals surface area contributed by atoms with Gasteiger partial charge in [-0.2, -0.15) is 4.31 Å². The van der Waals surface area contributed by atoms with Gasteiger partial charge in [-0.3, -0.25) is 10.1 Å². The molecule has 28 heavy (non-hydrogen) atoms. The van der Waals surface area contributed by atoms with Crippen LogP contribution in [-0.2, 0) is 16.4 Å². The number of benzene rings is 2. The Morgan fingerprint density at radius 1 is 1.07 bits per heavy atom. The molecule has 0 saturated carbocycles. The fraction of sp³-hybridized carbons (Fsp3) is 0.368. The lowest BCUT2D eigenvalue weighted by molar-refractivity contribution is -0.385. The summed E-state index contributed by atoms with van der Waals surface area (Å²) in [6.45, 7) is 2.84. The number of ether oxygens (including phenoxy) is 1. The van der Waals surface area contributed by atoms with E-state index in [9.17, 15) is 18.5 Å². The Kier molecular flexibility index (Phi) is 6.28. The first-order chi connectivity index (χ1) is 13.4. The van der Waals surface area contributed by atoms with Gasteiger partial charge < -0.3 is 9.64 Å². The molecule has 1 saturated heterocycles. The average molecular weight is 405 g/mol. The number of sulfonamides is 1. The van der Waals surface area contributed by atoms with Crippen LogP contribution in [0, 0.1) is 10.1 Å². The molecule has 0 spiro atoms. The summed E-state index contributed by atoms with van der Waals surface area (Å²) in [6, 6.07) is 13.1. The first-order valence-electron chi connectivity index (χ1n) is 9.00. The van der Waals surface area contributed by atoms with E-state index in [0.717, 1.165) is 24.8 Å². The Morgan fingerprint density at radius 3 is 2.36 bits per heavy atom. The SMILES string of the molecule is COc1ccc(CCN2CCN(S(=O)(=O)c3cccc([N+](=O)[O-])c3)CC2)cc1. The van der Waals surface area contributed by atoms with Crippen molar-refractivity contribution in [1.82, 2.24) is 9.21 Å². The van der Waals surface area contributed by atoms with Crippen LogP contribution >= 0.6 is 0 Å². The third-order valence-corrected chi connectivity index (χ3v) is 6.77. The molecule has 0 amide bonds. The number of hydrogen-bond acceptors (Lipinski definition) is 6. The van der Waals surface area contributed by atoms with Crippen LogP contribution in [-0.4, -0.2) is 62.4 Å². The zero-order valence-electron chi connectivity index (χ0n) is 15.7. The number of piperazine rings is 1. The normalized spacial score (nSPS) is 16.0. The zero-order chi connectivity index (χ0) is 20.1. The van der Waals surface area contributed by atoms with E-state index in [1.807, 2.05) is 24.3 Å². The average Bonchev–Trinajstić information content (AvgIpc) is 2.73. The van der Waals surface area contributed by atoms with Gasteiger partial charge in [0, 0.05) is 44.9 Å². The van der Waals surface area contributed by atoms with E-state index in [1.54, 1.807) is 7.11 Å². The third kappa shape index (κ3) is 4.67. The van der Waals surface area contributed by atoms with E-state index in [0.29, 0.717) is 26.2 Å². The van der Waals surface area contributed by atoms with Crippen molar-refractivity contribution in [2.45, 2.75) is 11.3 Å². The quantitative estimate of drug-likeness (QED) is 0.518. The van der Waals surface area contributed by atoms with Crippen LogP contribution in [0.3, 0.4) is 0 Å². The smallest absolute Gasteiger partial charge is 0.270 e. The van der Waals surface area contributed by atoms with E-state index in [4.69, 9.17) is 4.74 Å². The van der Waals surface area contributed by atoms with Gasteiger partial charge in [-0.25, -0.2) is 8.42 Å². The summed E-state index contributed by atoms with van der Waals surface area (Å²) in [6.07, 6.45) is 0.877. The van der Waals surface area contributed by atoms with Crippen LogP contribution in [0.1, 0.15) is 5.56 Å². The number of hydrogen-bond donors (Lipinski definition) is 0. The minimum absolute atomic E-state index is 0.0339. The Labute approximate surface area is 164 Å². The topological polar surface area (TPSA) is 93.0 Å². The molecule has 0 bridgehead atoms. The highest BCUT2D eigenvalue weighted by molar-refractivity contribution is 7.89. The number of non-ortho nitro benzene ring substituents is 1. The molecule has 0 unspecified atom stereocenters. The second-order valence-electron chi connectivity index (χ2n) is 6.60. The van der Waals surface area contributed by atoms with Crippen molar-refractivity contribution in [3.05, 3.63) is 64.2 Å². The molecule has 9 heteroatoms. The van der Waals surface area contributed by atoms with Crippen LogP contribution in [0.25, 0.3) is 0 Å².